The fourth-order valence-electron chi connectivity index (χ4n) is 1.20. The van der Waals surface area contributed by atoms with Crippen LogP contribution in [0.5, 0.6) is 0 Å². The standard InChI is InChI=1S/C10H15ClO3S/c1-8(14-15(2,3,12)13)9-4-6-10(11)7-5-9/h4-8H,1-3H3,(H,12,13). The summed E-state index contributed by atoms with van der Waals surface area (Å²) in [5.74, 6) is 0. The summed E-state index contributed by atoms with van der Waals surface area (Å²) in [6.45, 7) is 1.72. The quantitative estimate of drug-likeness (QED) is 0.897. The molecule has 15 heavy (non-hydrogen) atoms. The van der Waals surface area contributed by atoms with Crippen molar-refractivity contribution in [3.63, 3.8) is 0 Å². The molecular weight excluding hydrogens is 236 g/mol. The Balaban J connectivity index is 2.83. The molecule has 3 nitrogen and oxygen atoms in total. The first-order valence-electron chi connectivity index (χ1n) is 4.44. The molecule has 0 aliphatic rings. The summed E-state index contributed by atoms with van der Waals surface area (Å²) in [6, 6.07) is 6.98. The fraction of sp³-hybridized carbons (Fsp3) is 0.400. The van der Waals surface area contributed by atoms with E-state index in [1.165, 1.54) is 12.5 Å². The molecule has 0 fully saturated rings. The summed E-state index contributed by atoms with van der Waals surface area (Å²) in [5.41, 5.74) is 0.816. The van der Waals surface area contributed by atoms with Gasteiger partial charge in [0.25, 0.3) is 0 Å². The van der Waals surface area contributed by atoms with E-state index in [-0.39, 0.29) is 0 Å². The third-order valence-electron chi connectivity index (χ3n) is 1.76. The Morgan fingerprint density at radius 2 is 1.80 bits per heavy atom. The SMILES string of the molecule is CC(OS(C)(C)(=O)O)c1ccc(Cl)cc1. The number of rotatable bonds is 3. The molecule has 0 bridgehead atoms. The van der Waals surface area contributed by atoms with Crippen LogP contribution in [0.3, 0.4) is 0 Å². The van der Waals surface area contributed by atoms with E-state index < -0.39 is 15.7 Å². The van der Waals surface area contributed by atoms with Gasteiger partial charge in [-0.1, -0.05) is 23.7 Å². The van der Waals surface area contributed by atoms with E-state index in [0.29, 0.717) is 5.02 Å². The first-order valence-corrected chi connectivity index (χ1v) is 7.49. The van der Waals surface area contributed by atoms with Gasteiger partial charge in [0.05, 0.1) is 15.7 Å². The molecule has 0 saturated heterocycles. The van der Waals surface area contributed by atoms with E-state index in [4.69, 9.17) is 15.8 Å². The molecule has 1 unspecified atom stereocenters. The van der Waals surface area contributed by atoms with Crippen molar-refractivity contribution in [1.82, 2.24) is 0 Å². The second kappa shape index (κ2) is 3.87. The zero-order valence-electron chi connectivity index (χ0n) is 8.94. The van der Waals surface area contributed by atoms with Crippen molar-refractivity contribution in [1.29, 1.82) is 0 Å². The Bertz CT molecular complexity index is 396. The highest BCUT2D eigenvalue weighted by molar-refractivity contribution is 8.09. The van der Waals surface area contributed by atoms with Gasteiger partial charge in [-0.25, -0.2) is 4.21 Å². The maximum atomic E-state index is 11.5. The van der Waals surface area contributed by atoms with Crippen LogP contribution in [0.2, 0.25) is 5.02 Å². The molecular formula is C10H15ClO3S. The molecule has 0 heterocycles. The van der Waals surface area contributed by atoms with Gasteiger partial charge in [0.2, 0.25) is 0 Å². The second-order valence-corrected chi connectivity index (χ2v) is 7.89. The maximum Gasteiger partial charge on any atom is 0.0971 e. The van der Waals surface area contributed by atoms with Gasteiger partial charge in [-0.3, -0.25) is 4.18 Å². The fourth-order valence-corrected chi connectivity index (χ4v) is 2.26. The lowest BCUT2D eigenvalue weighted by atomic mass is 10.1. The van der Waals surface area contributed by atoms with Gasteiger partial charge >= 0.3 is 0 Å². The molecule has 0 spiro atoms. The van der Waals surface area contributed by atoms with Gasteiger partial charge in [0.15, 0.2) is 0 Å². The minimum absolute atomic E-state index is 0.443. The number of hydrogen-bond acceptors (Lipinski definition) is 2. The van der Waals surface area contributed by atoms with Crippen LogP contribution < -0.4 is 0 Å². The third-order valence-corrected chi connectivity index (χ3v) is 2.85. The summed E-state index contributed by atoms with van der Waals surface area (Å²) >= 11 is 5.73. The number of halogens is 1. The Labute approximate surface area is 94.8 Å². The highest BCUT2D eigenvalue weighted by atomic mass is 35.5. The smallest absolute Gasteiger partial charge is 0.0971 e. The second-order valence-electron chi connectivity index (χ2n) is 3.95. The van der Waals surface area contributed by atoms with Crippen LogP contribution in [0.15, 0.2) is 24.3 Å². The van der Waals surface area contributed by atoms with Crippen LogP contribution in [0.4, 0.5) is 0 Å². The molecule has 0 saturated carbocycles. The van der Waals surface area contributed by atoms with E-state index in [1.54, 1.807) is 31.2 Å². The van der Waals surface area contributed by atoms with Crippen molar-refractivity contribution in [2.75, 3.05) is 12.5 Å². The van der Waals surface area contributed by atoms with Gasteiger partial charge in [0.1, 0.15) is 0 Å². The summed E-state index contributed by atoms with van der Waals surface area (Å²) in [6.07, 6.45) is 1.93. The van der Waals surface area contributed by atoms with Crippen molar-refractivity contribution in [3.8, 4) is 0 Å². The van der Waals surface area contributed by atoms with Crippen molar-refractivity contribution < 1.29 is 12.9 Å². The third kappa shape index (κ3) is 4.75. The Hall–Kier alpha value is -0.420. The molecule has 5 heteroatoms. The molecule has 86 valence electrons. The van der Waals surface area contributed by atoms with Crippen LogP contribution in [0.1, 0.15) is 18.6 Å². The van der Waals surface area contributed by atoms with E-state index in [2.05, 4.69) is 0 Å². The summed E-state index contributed by atoms with van der Waals surface area (Å²) in [7, 11) is -3.92. The van der Waals surface area contributed by atoms with Gasteiger partial charge in [-0.2, -0.15) is 0 Å². The van der Waals surface area contributed by atoms with Crippen LogP contribution in [0, 0.1) is 0 Å². The zero-order valence-corrected chi connectivity index (χ0v) is 10.5. The van der Waals surface area contributed by atoms with E-state index >= 15 is 0 Å². The van der Waals surface area contributed by atoms with Gasteiger partial charge < -0.3 is 4.55 Å². The Kier molecular flexibility index (Phi) is 3.26. The van der Waals surface area contributed by atoms with Crippen molar-refractivity contribution in [2.45, 2.75) is 13.0 Å². The Morgan fingerprint density at radius 1 is 1.33 bits per heavy atom. The highest BCUT2D eigenvalue weighted by Crippen LogP contribution is 2.27. The molecule has 0 radical (unpaired) electrons. The molecule has 0 aliphatic heterocycles. The number of hydrogen-bond donors (Lipinski definition) is 1. The first-order chi connectivity index (χ1) is 6.63. The van der Waals surface area contributed by atoms with Gasteiger partial charge in [0, 0.05) is 17.5 Å². The minimum atomic E-state index is -3.92. The molecule has 1 aromatic rings. The Morgan fingerprint density at radius 3 is 2.20 bits per heavy atom. The van der Waals surface area contributed by atoms with Gasteiger partial charge in [-0.05, 0) is 24.6 Å². The summed E-state index contributed by atoms with van der Waals surface area (Å²) < 4.78 is 26.1. The van der Waals surface area contributed by atoms with Crippen molar-refractivity contribution >= 4 is 21.2 Å². The molecule has 1 aromatic carbocycles. The number of benzene rings is 1. The average molecular weight is 251 g/mol. The first kappa shape index (κ1) is 12.6. The monoisotopic (exact) mass is 250 g/mol. The lowest BCUT2D eigenvalue weighted by Crippen LogP contribution is -2.32. The van der Waals surface area contributed by atoms with Crippen LogP contribution >= 0.6 is 11.6 Å². The van der Waals surface area contributed by atoms with E-state index in [9.17, 15) is 8.76 Å². The minimum Gasteiger partial charge on any atom is -0.308 e. The average Bonchev–Trinajstić information content (AvgIpc) is 2.00. The molecule has 1 N–H and O–H groups in total. The summed E-state index contributed by atoms with van der Waals surface area (Å²) in [5, 5.41) is 0.626. The molecule has 0 aromatic heterocycles. The molecule has 0 amide bonds. The van der Waals surface area contributed by atoms with Crippen LogP contribution in [-0.2, 0) is 13.8 Å². The molecule has 0 aliphatic carbocycles. The van der Waals surface area contributed by atoms with E-state index in [0.717, 1.165) is 5.56 Å². The van der Waals surface area contributed by atoms with Crippen LogP contribution in [0.25, 0.3) is 0 Å². The van der Waals surface area contributed by atoms with E-state index in [1.807, 2.05) is 0 Å². The lowest BCUT2D eigenvalue weighted by molar-refractivity contribution is 0.203. The van der Waals surface area contributed by atoms with Gasteiger partial charge in [-0.15, -0.1) is 0 Å². The van der Waals surface area contributed by atoms with Crippen LogP contribution in [-0.4, -0.2) is 21.3 Å². The van der Waals surface area contributed by atoms with Crippen molar-refractivity contribution in [3.05, 3.63) is 34.9 Å². The zero-order chi connectivity index (χ0) is 11.7. The van der Waals surface area contributed by atoms with Crippen molar-refractivity contribution in [2.24, 2.45) is 0 Å². The summed E-state index contributed by atoms with van der Waals surface area (Å²) in [4.78, 5) is 0. The molecule has 1 atom stereocenters. The predicted octanol–water partition coefficient (Wildman–Crippen LogP) is 2.89. The predicted molar refractivity (Wildman–Crippen MR) is 63.6 cm³/mol. The molecule has 1 rings (SSSR count). The maximum absolute atomic E-state index is 11.5. The topological polar surface area (TPSA) is 46.5 Å². The lowest BCUT2D eigenvalue weighted by Gasteiger charge is -2.30. The normalized spacial score (nSPS) is 16.7. The largest absolute Gasteiger partial charge is 0.308 e. The highest BCUT2D eigenvalue weighted by Gasteiger charge is 2.24.